The van der Waals surface area contributed by atoms with Gasteiger partial charge in [-0.3, -0.25) is 14.4 Å². The van der Waals surface area contributed by atoms with Gasteiger partial charge in [-0.05, 0) is 393 Å². The van der Waals surface area contributed by atoms with Gasteiger partial charge in [0.25, 0.3) is 11.5 Å². The number of aromatic amines is 1. The van der Waals surface area contributed by atoms with Crippen molar-refractivity contribution in [2.24, 2.45) is 11.8 Å². The first-order chi connectivity index (χ1) is 67.6. The number of anilines is 4. The third kappa shape index (κ3) is 39.2. The van der Waals surface area contributed by atoms with Crippen LogP contribution in [0.2, 0.25) is 0 Å². The summed E-state index contributed by atoms with van der Waals surface area (Å²) in [6.45, 7) is 48.8. The Balaban J connectivity index is 0.000000316. The SMILES string of the molecule is CC1CCC(=O)CC1.CC=O.CCN(c1cccc(C(=O)NCc2c(C)cc(C)[nH]c2=O)c1C)C1CCC(N(C)C(=O)OC(C)(C)C)CC1.CCN(c1cccc(C(=O)OC)c1C)C1CCC(N(C)C(=O)OC(C)(C)C)CC1.CCN(c1cccc(C(=O)OC)c1C)C1CCC(NC(=O)OC(C)(C)C)CC1.COC(=O)c1cccc(CC2CCC(NC(=O)OC(C)(C)C)CC2)c1C.COC(=O)c1cccc(N)c1C. The van der Waals surface area contributed by atoms with Crippen LogP contribution in [-0.4, -0.2) is 208 Å². The first kappa shape index (κ1) is 122. The van der Waals surface area contributed by atoms with Crippen molar-refractivity contribution in [3.05, 3.63) is 185 Å². The monoisotopic (exact) mass is 2000 g/mol. The highest BCUT2D eigenvalue weighted by Gasteiger charge is 2.37. The van der Waals surface area contributed by atoms with E-state index in [0.717, 1.165) is 223 Å². The Kier molecular flexibility index (Phi) is 49.5. The van der Waals surface area contributed by atoms with E-state index in [1.807, 2.05) is 187 Å². The molecule has 0 bridgehead atoms. The number of ketones is 1. The van der Waals surface area contributed by atoms with E-state index in [2.05, 4.69) is 92.3 Å². The van der Waals surface area contributed by atoms with E-state index in [4.69, 9.17) is 43.7 Å². The summed E-state index contributed by atoms with van der Waals surface area (Å²) in [7, 11) is 9.24. The fourth-order valence-corrected chi connectivity index (χ4v) is 19.0. The minimum atomic E-state index is -0.509. The number of benzene rings is 5. The lowest BCUT2D eigenvalue weighted by molar-refractivity contribution is -0.120. The molecule has 30 nitrogen and oxygen atoms in total. The Hall–Kier alpha value is -12.0. The Morgan fingerprint density at radius 3 is 1.08 bits per heavy atom. The van der Waals surface area contributed by atoms with Crippen molar-refractivity contribution in [1.29, 1.82) is 0 Å². The molecular weight excluding hydrogens is 1830 g/mol. The van der Waals surface area contributed by atoms with Gasteiger partial charge in [0.2, 0.25) is 0 Å². The number of hydrogen-bond donors (Lipinski definition) is 5. The van der Waals surface area contributed by atoms with E-state index in [-0.39, 0.29) is 90.4 Å². The van der Waals surface area contributed by atoms with Crippen molar-refractivity contribution < 1.29 is 90.6 Å². The minimum Gasteiger partial charge on any atom is -0.465 e. The molecule has 0 spiro atoms. The standard InChI is InChI=1S/C30H44N4O4.C23H36N2O4.C22H34N2O4.C21H31NO4.C9H11NO2.C7H12O.C2H4O/c1-9-34(23-15-13-22(14-16-23)33(8)29(37)38-30(5,6)7)26-12-10-11-24(21(26)4)27(35)31-18-25-19(2)17-20(3)32-28(25)36;1-8-25(20-11-9-10-19(16(20)2)21(26)28-7)18-14-12-17(13-15-18)24(6)22(27)29-23(3,4)5;1-7-24(19-10-8-9-18(15(19)2)20(25)27-6)17-13-11-16(12-14-17)23-21(26)28-22(3,4)5;1-14-16(7-6-8-18(14)19(23)25-5)13-15-9-11-17(12-10-15)22-20(24)26-21(2,3)4;1-6-7(9(11)12-2)4-3-5-8(6)10;1-6-2-4-7(8)5-3-6;1-2-3/h10-12,17,22-23H,9,13-16,18H2,1-8H3,(H,31,35)(H,32,36);9-11,17-18H,8,12-15H2,1-7H3;8-10,16-17H,7,11-14H2,1-6H3,(H,23,26);6-8,15,17H,9-13H2,1-5H3,(H,22,24);3-5H,10H2,1-2H3;6H,2-5H2,1H3;2H,1H3. The van der Waals surface area contributed by atoms with E-state index in [1.165, 1.54) is 40.9 Å². The van der Waals surface area contributed by atoms with Gasteiger partial charge in [0.1, 0.15) is 34.5 Å². The molecule has 5 fully saturated rings. The number of aryl methyl sites for hydroxylation is 2. The molecule has 798 valence electrons. The maximum Gasteiger partial charge on any atom is 0.410 e. The molecule has 5 aliphatic rings. The third-order valence-electron chi connectivity index (χ3n) is 26.9. The number of nitrogens with two attached hydrogens (primary N) is 1. The van der Waals surface area contributed by atoms with E-state index in [9.17, 15) is 52.7 Å². The van der Waals surface area contributed by atoms with Gasteiger partial charge >= 0.3 is 48.3 Å². The highest BCUT2D eigenvalue weighted by molar-refractivity contribution is 5.98. The van der Waals surface area contributed by atoms with Gasteiger partial charge < -0.3 is 93.9 Å². The minimum absolute atomic E-state index is 0.146. The van der Waals surface area contributed by atoms with E-state index in [0.29, 0.717) is 68.9 Å². The van der Waals surface area contributed by atoms with Crippen molar-refractivity contribution in [3.63, 3.8) is 0 Å². The lowest BCUT2D eigenvalue weighted by Gasteiger charge is -2.41. The Morgan fingerprint density at radius 2 is 0.736 bits per heavy atom. The maximum atomic E-state index is 13.2. The molecule has 0 saturated heterocycles. The number of methoxy groups -OCH3 is 4. The second kappa shape index (κ2) is 58.2. The molecule has 0 atom stereocenters. The predicted octanol–water partition coefficient (Wildman–Crippen LogP) is 22.2. The topological polar surface area (TPSA) is 373 Å². The fraction of sp³-hybridized carbons (Fsp3) is 0.596. The number of nitrogen functional groups attached to an aromatic ring is 1. The molecule has 30 heteroatoms. The Morgan fingerprint density at radius 1 is 0.424 bits per heavy atom. The second-order valence-electron chi connectivity index (χ2n) is 42.2. The van der Waals surface area contributed by atoms with Crippen molar-refractivity contribution in [2.75, 3.05) is 82.6 Å². The summed E-state index contributed by atoms with van der Waals surface area (Å²) < 4.78 is 41.0. The normalized spacial score (nSPS) is 18.2. The highest BCUT2D eigenvalue weighted by Crippen LogP contribution is 2.38. The van der Waals surface area contributed by atoms with Crippen LogP contribution in [0.4, 0.5) is 41.9 Å². The smallest absolute Gasteiger partial charge is 0.410 e. The summed E-state index contributed by atoms with van der Waals surface area (Å²) in [5.74, 6) is 0.398. The molecule has 6 aromatic rings. The molecule has 11 rings (SSSR count). The number of nitrogens with one attached hydrogen (secondary N) is 4. The molecule has 1 heterocycles. The summed E-state index contributed by atoms with van der Waals surface area (Å²) in [6, 6.07) is 32.1. The summed E-state index contributed by atoms with van der Waals surface area (Å²) >= 11 is 0. The number of hydrogen-bond acceptors (Lipinski definition) is 24. The number of H-pyrrole nitrogens is 1. The molecule has 5 saturated carbocycles. The molecule has 1 aromatic heterocycles. The van der Waals surface area contributed by atoms with E-state index in [1.54, 1.807) is 41.0 Å². The van der Waals surface area contributed by atoms with Crippen LogP contribution in [-0.2, 0) is 60.4 Å². The van der Waals surface area contributed by atoms with Gasteiger partial charge in [0.15, 0.2) is 0 Å². The molecule has 5 aliphatic carbocycles. The van der Waals surface area contributed by atoms with Crippen LogP contribution in [0.5, 0.6) is 0 Å². The first-order valence-corrected chi connectivity index (χ1v) is 51.3. The molecule has 5 aromatic carbocycles. The average molecular weight is 2000 g/mol. The van der Waals surface area contributed by atoms with Crippen LogP contribution in [0.25, 0.3) is 0 Å². The Labute approximate surface area is 857 Å². The van der Waals surface area contributed by atoms with Crippen LogP contribution in [0.3, 0.4) is 0 Å². The number of alkyl carbamates (subject to hydrolysis) is 2. The van der Waals surface area contributed by atoms with Gasteiger partial charge in [-0.1, -0.05) is 43.3 Å². The summed E-state index contributed by atoms with van der Waals surface area (Å²) in [5, 5.41) is 8.91. The average Bonchev–Trinajstić information content (AvgIpc) is 0.809. The predicted molar refractivity (Wildman–Crippen MR) is 571 cm³/mol. The summed E-state index contributed by atoms with van der Waals surface area (Å²) in [4.78, 5) is 154. The van der Waals surface area contributed by atoms with Gasteiger partial charge in [-0.25, -0.2) is 38.4 Å². The number of pyridine rings is 1. The zero-order chi connectivity index (χ0) is 108. The third-order valence-corrected chi connectivity index (χ3v) is 26.9. The molecule has 0 radical (unpaired) electrons. The first-order valence-electron chi connectivity index (χ1n) is 51.3. The Bertz CT molecular complexity index is 5230. The summed E-state index contributed by atoms with van der Waals surface area (Å²) in [6.07, 6.45) is 19.8. The van der Waals surface area contributed by atoms with Crippen molar-refractivity contribution in [2.45, 2.75) is 372 Å². The lowest BCUT2D eigenvalue weighted by Crippen LogP contribution is -2.46. The van der Waals surface area contributed by atoms with Gasteiger partial charge in [-0.2, -0.15) is 0 Å². The number of ether oxygens (including phenoxy) is 8. The van der Waals surface area contributed by atoms with E-state index < -0.39 is 22.4 Å². The number of carbonyl (C=O) groups excluding carboxylic acids is 11. The van der Waals surface area contributed by atoms with Crippen LogP contribution >= 0.6 is 0 Å². The fourth-order valence-electron chi connectivity index (χ4n) is 19.0. The van der Waals surface area contributed by atoms with E-state index >= 15 is 0 Å². The highest BCUT2D eigenvalue weighted by atomic mass is 16.6. The van der Waals surface area contributed by atoms with Crippen molar-refractivity contribution >= 4 is 89.0 Å². The summed E-state index contributed by atoms with van der Waals surface area (Å²) in [5.41, 5.74) is 18.4. The largest absolute Gasteiger partial charge is 0.465 e. The van der Waals surface area contributed by atoms with Crippen LogP contribution in [0, 0.1) is 60.3 Å². The number of amides is 5. The maximum absolute atomic E-state index is 13.2. The molecule has 0 unspecified atom stereocenters. The zero-order valence-electron chi connectivity index (χ0n) is 92.2. The van der Waals surface area contributed by atoms with Gasteiger partial charge in [0.05, 0.1) is 50.7 Å². The van der Waals surface area contributed by atoms with Crippen LogP contribution in [0.15, 0.2) is 102 Å². The molecule has 6 N–H and O–H groups in total. The van der Waals surface area contributed by atoms with Crippen LogP contribution < -0.4 is 41.9 Å². The van der Waals surface area contributed by atoms with Gasteiger partial charge in [0, 0.05) is 135 Å². The number of carbonyl (C=O) groups is 11. The number of aromatic nitrogens is 1. The number of nitrogens with zero attached hydrogens (tertiary/aromatic N) is 5. The number of rotatable bonds is 22. The number of Topliss-reactive ketones (excluding diaryl/α,β-unsaturated/α-hetero) is 1. The lowest BCUT2D eigenvalue weighted by atomic mass is 9.81. The zero-order valence-corrected chi connectivity index (χ0v) is 92.2. The van der Waals surface area contributed by atoms with Crippen LogP contribution in [0.1, 0.15) is 348 Å². The molecule has 0 aliphatic heterocycles. The molecule has 144 heavy (non-hydrogen) atoms. The quantitative estimate of drug-likeness (QED) is 0.0182. The second-order valence-corrected chi connectivity index (χ2v) is 42.2. The van der Waals surface area contributed by atoms with Crippen molar-refractivity contribution in [3.8, 4) is 0 Å². The van der Waals surface area contributed by atoms with Gasteiger partial charge in [-0.15, -0.1) is 0 Å². The number of esters is 4. The van der Waals surface area contributed by atoms with Crippen molar-refractivity contribution in [1.82, 2.24) is 30.7 Å². The molecule has 5 amide bonds. The molecular formula is C114H172N10O20. The number of aldehydes is 1.